The summed E-state index contributed by atoms with van der Waals surface area (Å²) >= 11 is 17.7. The molecule has 0 amide bonds. The standard InChI is InChI=1S/C21H29Cl3O4/c1-2-3-4-5-6-7-8-9-13-27-19(25)11-10-12-20(26)28-21-17(23)14-16(22)15-18(21)24/h14-15H,2-13H2,1H3. The minimum Gasteiger partial charge on any atom is -0.466 e. The first kappa shape index (κ1) is 25.1. The van der Waals surface area contributed by atoms with Crippen LogP contribution >= 0.6 is 34.8 Å². The van der Waals surface area contributed by atoms with Crippen LogP contribution in [0.4, 0.5) is 0 Å². The van der Waals surface area contributed by atoms with Gasteiger partial charge >= 0.3 is 11.9 Å². The van der Waals surface area contributed by atoms with Crippen LogP contribution in [0.2, 0.25) is 15.1 Å². The molecule has 7 heteroatoms. The van der Waals surface area contributed by atoms with Gasteiger partial charge in [0.1, 0.15) is 0 Å². The van der Waals surface area contributed by atoms with E-state index < -0.39 is 5.97 Å². The van der Waals surface area contributed by atoms with E-state index in [-0.39, 0.29) is 34.6 Å². The average Bonchev–Trinajstić information content (AvgIpc) is 2.63. The lowest BCUT2D eigenvalue weighted by Gasteiger charge is -2.09. The molecule has 0 aliphatic heterocycles. The van der Waals surface area contributed by atoms with E-state index in [0.717, 1.165) is 12.8 Å². The molecule has 28 heavy (non-hydrogen) atoms. The van der Waals surface area contributed by atoms with Gasteiger partial charge in [0.2, 0.25) is 0 Å². The predicted molar refractivity (Wildman–Crippen MR) is 115 cm³/mol. The van der Waals surface area contributed by atoms with Gasteiger partial charge in [0.05, 0.1) is 16.7 Å². The van der Waals surface area contributed by atoms with Crippen molar-refractivity contribution < 1.29 is 19.1 Å². The van der Waals surface area contributed by atoms with Gasteiger partial charge in [-0.25, -0.2) is 0 Å². The Hall–Kier alpha value is -0.970. The number of ether oxygens (including phenoxy) is 2. The molecule has 0 heterocycles. The molecule has 0 saturated heterocycles. The van der Waals surface area contributed by atoms with Crippen molar-refractivity contribution in [3.63, 3.8) is 0 Å². The first-order chi connectivity index (χ1) is 13.4. The average molecular weight is 452 g/mol. The molecule has 0 bridgehead atoms. The molecule has 0 N–H and O–H groups in total. The second-order valence-corrected chi connectivity index (χ2v) is 7.97. The van der Waals surface area contributed by atoms with Gasteiger partial charge in [0, 0.05) is 17.9 Å². The molecule has 1 aromatic carbocycles. The van der Waals surface area contributed by atoms with Gasteiger partial charge in [-0.1, -0.05) is 86.7 Å². The maximum absolute atomic E-state index is 11.9. The first-order valence-corrected chi connectivity index (χ1v) is 11.1. The van der Waals surface area contributed by atoms with Crippen molar-refractivity contribution in [2.24, 2.45) is 0 Å². The summed E-state index contributed by atoms with van der Waals surface area (Å²) in [5, 5.41) is 0.681. The van der Waals surface area contributed by atoms with E-state index in [1.807, 2.05) is 0 Å². The Labute approximate surface area is 182 Å². The van der Waals surface area contributed by atoms with Crippen LogP contribution in [0.5, 0.6) is 5.75 Å². The van der Waals surface area contributed by atoms with Crippen molar-refractivity contribution in [1.29, 1.82) is 0 Å². The molecular weight excluding hydrogens is 423 g/mol. The third-order valence-electron chi connectivity index (χ3n) is 4.20. The van der Waals surface area contributed by atoms with E-state index in [0.29, 0.717) is 18.1 Å². The zero-order chi connectivity index (χ0) is 20.8. The maximum Gasteiger partial charge on any atom is 0.311 e. The van der Waals surface area contributed by atoms with E-state index in [2.05, 4.69) is 6.92 Å². The summed E-state index contributed by atoms with van der Waals surface area (Å²) in [6.45, 7) is 2.65. The zero-order valence-electron chi connectivity index (χ0n) is 16.4. The minimum absolute atomic E-state index is 0.0716. The topological polar surface area (TPSA) is 52.6 Å². The fraction of sp³-hybridized carbons (Fsp3) is 0.619. The van der Waals surface area contributed by atoms with Crippen LogP contribution in [0.25, 0.3) is 0 Å². The van der Waals surface area contributed by atoms with Gasteiger partial charge < -0.3 is 9.47 Å². The number of hydrogen-bond donors (Lipinski definition) is 0. The van der Waals surface area contributed by atoms with Crippen LogP contribution in [0.15, 0.2) is 12.1 Å². The highest BCUT2D eigenvalue weighted by atomic mass is 35.5. The Balaban J connectivity index is 2.09. The van der Waals surface area contributed by atoms with Gasteiger partial charge in [0.15, 0.2) is 5.75 Å². The van der Waals surface area contributed by atoms with Gasteiger partial charge in [-0.05, 0) is 25.0 Å². The fourth-order valence-corrected chi connectivity index (χ4v) is 3.56. The number of carbonyl (C=O) groups is 2. The molecule has 0 fully saturated rings. The van der Waals surface area contributed by atoms with Crippen LogP contribution in [0.1, 0.15) is 77.6 Å². The monoisotopic (exact) mass is 450 g/mol. The normalized spacial score (nSPS) is 10.7. The van der Waals surface area contributed by atoms with Crippen LogP contribution in [0.3, 0.4) is 0 Å². The van der Waals surface area contributed by atoms with Gasteiger partial charge in [-0.2, -0.15) is 0 Å². The zero-order valence-corrected chi connectivity index (χ0v) is 18.7. The third kappa shape index (κ3) is 11.1. The Morgan fingerprint density at radius 3 is 1.93 bits per heavy atom. The Kier molecular flexibility index (Phi) is 13.4. The number of esters is 2. The summed E-state index contributed by atoms with van der Waals surface area (Å²) in [5.41, 5.74) is 0. The highest BCUT2D eigenvalue weighted by Crippen LogP contribution is 2.36. The van der Waals surface area contributed by atoms with Gasteiger partial charge in [0.25, 0.3) is 0 Å². The maximum atomic E-state index is 11.9. The van der Waals surface area contributed by atoms with Crippen molar-refractivity contribution in [1.82, 2.24) is 0 Å². The third-order valence-corrected chi connectivity index (χ3v) is 4.98. The molecule has 0 spiro atoms. The Morgan fingerprint density at radius 1 is 0.786 bits per heavy atom. The number of halogens is 3. The number of hydrogen-bond acceptors (Lipinski definition) is 4. The Morgan fingerprint density at radius 2 is 1.32 bits per heavy atom. The van der Waals surface area contributed by atoms with Crippen molar-refractivity contribution in [3.8, 4) is 5.75 Å². The van der Waals surface area contributed by atoms with Crippen molar-refractivity contribution in [2.75, 3.05) is 6.61 Å². The van der Waals surface area contributed by atoms with Crippen LogP contribution in [0, 0.1) is 0 Å². The molecular formula is C21H29Cl3O4. The molecule has 1 aromatic rings. The van der Waals surface area contributed by atoms with Crippen molar-refractivity contribution >= 4 is 46.7 Å². The second kappa shape index (κ2) is 14.9. The summed E-state index contributed by atoms with van der Waals surface area (Å²) in [4.78, 5) is 23.6. The lowest BCUT2D eigenvalue weighted by Crippen LogP contribution is -2.11. The van der Waals surface area contributed by atoms with E-state index in [1.165, 1.54) is 50.7 Å². The first-order valence-electron chi connectivity index (χ1n) is 9.95. The molecule has 0 saturated carbocycles. The molecule has 0 aliphatic carbocycles. The van der Waals surface area contributed by atoms with E-state index >= 15 is 0 Å². The summed E-state index contributed by atoms with van der Waals surface area (Å²) in [7, 11) is 0. The highest BCUT2D eigenvalue weighted by molar-refractivity contribution is 6.40. The SMILES string of the molecule is CCCCCCCCCCOC(=O)CCCC(=O)Oc1c(Cl)cc(Cl)cc1Cl. The predicted octanol–water partition coefficient (Wildman–Crippen LogP) is 7.41. The number of carbonyl (C=O) groups excluding carboxylic acids is 2. The number of unbranched alkanes of at least 4 members (excludes halogenated alkanes) is 7. The fourth-order valence-electron chi connectivity index (χ4n) is 2.66. The molecule has 0 atom stereocenters. The van der Waals surface area contributed by atoms with E-state index in [1.54, 1.807) is 0 Å². The molecule has 4 nitrogen and oxygen atoms in total. The summed E-state index contributed by atoms with van der Waals surface area (Å²) in [6, 6.07) is 2.89. The smallest absolute Gasteiger partial charge is 0.311 e. The Bertz CT molecular complexity index is 597. The summed E-state index contributed by atoms with van der Waals surface area (Å²) in [6.07, 6.45) is 10.2. The second-order valence-electron chi connectivity index (χ2n) is 6.72. The molecule has 0 unspecified atom stereocenters. The number of benzene rings is 1. The summed E-state index contributed by atoms with van der Waals surface area (Å²) < 4.78 is 10.4. The van der Waals surface area contributed by atoms with Crippen molar-refractivity contribution in [3.05, 3.63) is 27.2 Å². The largest absolute Gasteiger partial charge is 0.466 e. The van der Waals surface area contributed by atoms with Crippen LogP contribution in [-0.2, 0) is 14.3 Å². The molecule has 158 valence electrons. The lowest BCUT2D eigenvalue weighted by molar-refractivity contribution is -0.144. The summed E-state index contributed by atoms with van der Waals surface area (Å²) in [5.74, 6) is -0.727. The quantitative estimate of drug-likeness (QED) is 0.168. The number of rotatable bonds is 14. The minimum atomic E-state index is -0.512. The molecule has 0 aliphatic rings. The van der Waals surface area contributed by atoms with Crippen molar-refractivity contribution in [2.45, 2.75) is 77.6 Å². The lowest BCUT2D eigenvalue weighted by atomic mass is 10.1. The molecule has 0 aromatic heterocycles. The van der Waals surface area contributed by atoms with E-state index in [9.17, 15) is 9.59 Å². The van der Waals surface area contributed by atoms with Gasteiger partial charge in [-0.3, -0.25) is 9.59 Å². The van der Waals surface area contributed by atoms with Gasteiger partial charge in [-0.15, -0.1) is 0 Å². The van der Waals surface area contributed by atoms with Crippen LogP contribution in [-0.4, -0.2) is 18.5 Å². The van der Waals surface area contributed by atoms with Crippen LogP contribution < -0.4 is 4.74 Å². The molecule has 1 rings (SSSR count). The highest BCUT2D eigenvalue weighted by Gasteiger charge is 2.14. The van der Waals surface area contributed by atoms with E-state index in [4.69, 9.17) is 44.3 Å². The molecule has 0 radical (unpaired) electrons.